The molecule has 1 heterocycles. The molecule has 5 nitrogen and oxygen atoms in total. The summed E-state index contributed by atoms with van der Waals surface area (Å²) >= 11 is 2.85. The summed E-state index contributed by atoms with van der Waals surface area (Å²) in [5, 5.41) is 11.4. The third-order valence-corrected chi connectivity index (χ3v) is 4.09. The molecule has 1 aromatic carbocycles. The number of halogens is 3. The normalized spacial score (nSPS) is 21.4. The van der Waals surface area contributed by atoms with Crippen LogP contribution in [-0.2, 0) is 4.79 Å². The Morgan fingerprint density at radius 2 is 2.10 bits per heavy atom. The minimum absolute atomic E-state index is 0.0201. The smallest absolute Gasteiger partial charge is 0.321 e. The van der Waals surface area contributed by atoms with Crippen LogP contribution in [0, 0.1) is 17.0 Å². The van der Waals surface area contributed by atoms with Crippen LogP contribution in [0.3, 0.4) is 0 Å². The summed E-state index contributed by atoms with van der Waals surface area (Å²) in [6, 6.07) is 1.16. The lowest BCUT2D eigenvalue weighted by Gasteiger charge is -2.20. The van der Waals surface area contributed by atoms with E-state index in [1.807, 2.05) is 0 Å². The Morgan fingerprint density at radius 1 is 1.43 bits per heavy atom. The van der Waals surface area contributed by atoms with Crippen LogP contribution in [0.2, 0.25) is 0 Å². The number of likely N-dealkylation sites (tertiary alicyclic amines) is 1. The van der Waals surface area contributed by atoms with Crippen molar-refractivity contribution in [1.29, 1.82) is 0 Å². The number of nitrogens with zero attached hydrogens (tertiary/aromatic N) is 1. The maximum atomic E-state index is 13.8. The van der Waals surface area contributed by atoms with E-state index in [0.29, 0.717) is 6.42 Å². The van der Waals surface area contributed by atoms with Crippen molar-refractivity contribution in [2.45, 2.75) is 13.3 Å². The Kier molecular flexibility index (Phi) is 4.18. The Bertz CT molecular complexity index is 611. The van der Waals surface area contributed by atoms with Gasteiger partial charge in [0.1, 0.15) is 5.82 Å². The average Bonchev–Trinajstić information content (AvgIpc) is 2.79. The van der Waals surface area contributed by atoms with Gasteiger partial charge in [0, 0.05) is 19.2 Å². The Hall–Kier alpha value is -1.70. The largest absolute Gasteiger partial charge is 0.481 e. The van der Waals surface area contributed by atoms with E-state index in [1.54, 1.807) is 6.92 Å². The van der Waals surface area contributed by atoms with E-state index in [1.165, 1.54) is 4.90 Å². The van der Waals surface area contributed by atoms with Crippen molar-refractivity contribution < 1.29 is 23.5 Å². The number of aliphatic carboxylic acids is 1. The molecule has 0 bridgehead atoms. The third-order valence-electron chi connectivity index (χ3n) is 3.51. The molecule has 1 aromatic rings. The standard InChI is InChI=1S/C13H13BrF2N2O3/c1-13(11(19)20)2-3-18(6-13)12(21)17-9-5-7(15)4-8(14)10(9)16/h4-5H,2-3,6H2,1H3,(H,17,21)(H,19,20). The zero-order chi connectivity index (χ0) is 15.8. The molecule has 0 aromatic heterocycles. The molecule has 114 valence electrons. The van der Waals surface area contributed by atoms with Crippen LogP contribution in [0.5, 0.6) is 0 Å². The van der Waals surface area contributed by atoms with E-state index in [9.17, 15) is 18.4 Å². The van der Waals surface area contributed by atoms with E-state index in [2.05, 4.69) is 21.2 Å². The molecule has 1 aliphatic heterocycles. The van der Waals surface area contributed by atoms with E-state index >= 15 is 0 Å². The third kappa shape index (κ3) is 3.15. The van der Waals surface area contributed by atoms with Crippen molar-refractivity contribution >= 4 is 33.6 Å². The summed E-state index contributed by atoms with van der Waals surface area (Å²) in [4.78, 5) is 24.4. The maximum Gasteiger partial charge on any atom is 0.321 e. The van der Waals surface area contributed by atoms with Crippen molar-refractivity contribution in [2.24, 2.45) is 5.41 Å². The first-order chi connectivity index (χ1) is 9.73. The molecule has 1 unspecified atom stereocenters. The van der Waals surface area contributed by atoms with Crippen molar-refractivity contribution in [2.75, 3.05) is 18.4 Å². The fraction of sp³-hybridized carbons (Fsp3) is 0.385. The van der Waals surface area contributed by atoms with Gasteiger partial charge in [0.25, 0.3) is 0 Å². The summed E-state index contributed by atoms with van der Waals surface area (Å²) in [5.74, 6) is -2.47. The summed E-state index contributed by atoms with van der Waals surface area (Å²) in [7, 11) is 0. The van der Waals surface area contributed by atoms with Gasteiger partial charge in [-0.15, -0.1) is 0 Å². The molecule has 21 heavy (non-hydrogen) atoms. The van der Waals surface area contributed by atoms with Crippen LogP contribution in [0.1, 0.15) is 13.3 Å². The predicted molar refractivity (Wildman–Crippen MR) is 75.0 cm³/mol. The molecule has 0 spiro atoms. The number of rotatable bonds is 2. The molecular formula is C13H13BrF2N2O3. The van der Waals surface area contributed by atoms with E-state index < -0.39 is 29.0 Å². The number of anilines is 1. The van der Waals surface area contributed by atoms with Crippen molar-refractivity contribution in [1.82, 2.24) is 4.90 Å². The van der Waals surface area contributed by atoms with Gasteiger partial charge in [-0.05, 0) is 35.3 Å². The molecule has 2 rings (SSSR count). The predicted octanol–water partition coefficient (Wildman–Crippen LogP) is 3.06. The average molecular weight is 363 g/mol. The van der Waals surface area contributed by atoms with Crippen molar-refractivity contribution in [3.05, 3.63) is 28.2 Å². The summed E-state index contributed by atoms with van der Waals surface area (Å²) in [6.07, 6.45) is 0.311. The highest BCUT2D eigenvalue weighted by molar-refractivity contribution is 9.10. The number of benzene rings is 1. The quantitative estimate of drug-likeness (QED) is 0.794. The number of urea groups is 1. The summed E-state index contributed by atoms with van der Waals surface area (Å²) in [6.45, 7) is 1.81. The molecule has 1 atom stereocenters. The number of carboxylic acids is 1. The topological polar surface area (TPSA) is 69.6 Å². The molecule has 1 saturated heterocycles. The molecule has 1 fully saturated rings. The van der Waals surface area contributed by atoms with Crippen LogP contribution in [0.25, 0.3) is 0 Å². The number of hydrogen-bond donors (Lipinski definition) is 2. The molecule has 1 aliphatic rings. The lowest BCUT2D eigenvalue weighted by Crippen LogP contribution is -2.37. The van der Waals surface area contributed by atoms with E-state index in [-0.39, 0.29) is 23.2 Å². The minimum atomic E-state index is -1.02. The Morgan fingerprint density at radius 3 is 2.67 bits per heavy atom. The zero-order valence-electron chi connectivity index (χ0n) is 11.1. The van der Waals surface area contributed by atoms with Gasteiger partial charge >= 0.3 is 12.0 Å². The van der Waals surface area contributed by atoms with Gasteiger partial charge in [-0.2, -0.15) is 0 Å². The number of carbonyl (C=O) groups excluding carboxylic acids is 1. The van der Waals surface area contributed by atoms with Gasteiger partial charge in [0.2, 0.25) is 0 Å². The first kappa shape index (κ1) is 15.7. The lowest BCUT2D eigenvalue weighted by atomic mass is 9.90. The monoisotopic (exact) mass is 362 g/mol. The number of hydrogen-bond acceptors (Lipinski definition) is 2. The highest BCUT2D eigenvalue weighted by Gasteiger charge is 2.42. The van der Waals surface area contributed by atoms with Crippen LogP contribution in [-0.4, -0.2) is 35.1 Å². The van der Waals surface area contributed by atoms with E-state index in [4.69, 9.17) is 5.11 Å². The van der Waals surface area contributed by atoms with Crippen LogP contribution in [0.15, 0.2) is 16.6 Å². The molecule has 2 amide bonds. The summed E-state index contributed by atoms with van der Waals surface area (Å²) in [5.41, 5.74) is -1.31. The Labute approximate surface area is 128 Å². The van der Waals surface area contributed by atoms with Gasteiger partial charge in [0.15, 0.2) is 5.82 Å². The van der Waals surface area contributed by atoms with Gasteiger partial charge in [-0.25, -0.2) is 13.6 Å². The van der Waals surface area contributed by atoms with Crippen LogP contribution >= 0.6 is 15.9 Å². The molecule has 0 saturated carbocycles. The molecule has 0 radical (unpaired) electrons. The number of carboxylic acid groups (broad SMARTS) is 1. The number of nitrogens with one attached hydrogen (secondary N) is 1. The number of amides is 2. The number of carbonyl (C=O) groups is 2. The second kappa shape index (κ2) is 5.59. The first-order valence-electron chi connectivity index (χ1n) is 6.17. The fourth-order valence-corrected chi connectivity index (χ4v) is 2.58. The van der Waals surface area contributed by atoms with Crippen LogP contribution in [0.4, 0.5) is 19.3 Å². The van der Waals surface area contributed by atoms with Crippen LogP contribution < -0.4 is 5.32 Å². The van der Waals surface area contributed by atoms with Gasteiger partial charge in [-0.3, -0.25) is 4.79 Å². The second-order valence-corrected chi connectivity index (χ2v) is 6.07. The minimum Gasteiger partial charge on any atom is -0.481 e. The first-order valence-corrected chi connectivity index (χ1v) is 6.96. The molecular weight excluding hydrogens is 350 g/mol. The fourth-order valence-electron chi connectivity index (χ4n) is 2.15. The SMILES string of the molecule is CC1(C(=O)O)CCN(C(=O)Nc2cc(F)cc(Br)c2F)C1. The van der Waals surface area contributed by atoms with Crippen molar-refractivity contribution in [3.63, 3.8) is 0 Å². The highest BCUT2D eigenvalue weighted by Crippen LogP contribution is 2.31. The maximum absolute atomic E-state index is 13.8. The van der Waals surface area contributed by atoms with Gasteiger partial charge < -0.3 is 15.3 Å². The van der Waals surface area contributed by atoms with Crippen molar-refractivity contribution in [3.8, 4) is 0 Å². The van der Waals surface area contributed by atoms with Gasteiger partial charge in [-0.1, -0.05) is 0 Å². The van der Waals surface area contributed by atoms with E-state index in [0.717, 1.165) is 12.1 Å². The molecule has 0 aliphatic carbocycles. The molecule has 2 N–H and O–H groups in total. The van der Waals surface area contributed by atoms with Gasteiger partial charge in [0.05, 0.1) is 15.6 Å². The highest BCUT2D eigenvalue weighted by atomic mass is 79.9. The molecule has 8 heteroatoms. The lowest BCUT2D eigenvalue weighted by molar-refractivity contribution is -0.146. The zero-order valence-corrected chi connectivity index (χ0v) is 12.7. The Balaban J connectivity index is 2.12. The summed E-state index contributed by atoms with van der Waals surface area (Å²) < 4.78 is 26.9. The second-order valence-electron chi connectivity index (χ2n) is 5.22.